The van der Waals surface area contributed by atoms with Crippen LogP contribution >= 0.6 is 11.8 Å². The molecular formula is C21H20N4O2S. The molecule has 6 nitrogen and oxygen atoms in total. The van der Waals surface area contributed by atoms with Gasteiger partial charge in [-0.2, -0.15) is 0 Å². The molecule has 28 heavy (non-hydrogen) atoms. The normalized spacial score (nSPS) is 12.5. The van der Waals surface area contributed by atoms with Crippen LogP contribution in [0.5, 0.6) is 0 Å². The number of hydrogen-bond acceptors (Lipinski definition) is 4. The van der Waals surface area contributed by atoms with Crippen LogP contribution in [0.25, 0.3) is 22.5 Å². The van der Waals surface area contributed by atoms with E-state index in [2.05, 4.69) is 15.2 Å². The Bertz CT molecular complexity index is 1040. The number of anilines is 2. The van der Waals surface area contributed by atoms with Crippen LogP contribution in [0.1, 0.15) is 13.8 Å². The number of fused-ring (bicyclic) bond motifs is 1. The fraction of sp³-hybridized carbons (Fsp3) is 0.190. The molecule has 2 N–H and O–H groups in total. The molecule has 2 amide bonds. The molecule has 0 saturated carbocycles. The number of rotatable bonds is 4. The van der Waals surface area contributed by atoms with Gasteiger partial charge in [0.2, 0.25) is 11.8 Å². The van der Waals surface area contributed by atoms with Gasteiger partial charge in [0, 0.05) is 48.6 Å². The molecule has 0 aliphatic carbocycles. The molecule has 0 spiro atoms. The lowest BCUT2D eigenvalue weighted by molar-refractivity contribution is -0.115. The lowest BCUT2D eigenvalue weighted by Gasteiger charge is -2.10. The molecular weight excluding hydrogens is 372 g/mol. The third-order valence-electron chi connectivity index (χ3n) is 4.44. The molecule has 0 atom stereocenters. The van der Waals surface area contributed by atoms with Crippen LogP contribution in [0, 0.1) is 0 Å². The molecule has 1 aliphatic heterocycles. The van der Waals surface area contributed by atoms with Crippen molar-refractivity contribution >= 4 is 35.0 Å². The predicted octanol–water partition coefficient (Wildman–Crippen LogP) is 4.24. The smallest absolute Gasteiger partial charge is 0.221 e. The van der Waals surface area contributed by atoms with E-state index >= 15 is 0 Å². The summed E-state index contributed by atoms with van der Waals surface area (Å²) in [5.74, 6) is 0.834. The van der Waals surface area contributed by atoms with E-state index < -0.39 is 0 Å². The molecule has 1 aromatic heterocycles. The van der Waals surface area contributed by atoms with Gasteiger partial charge < -0.3 is 15.2 Å². The van der Waals surface area contributed by atoms with E-state index in [-0.39, 0.29) is 11.8 Å². The minimum atomic E-state index is -0.0925. The minimum Gasteiger partial charge on any atom is -0.326 e. The fourth-order valence-electron chi connectivity index (χ4n) is 3.30. The maximum atomic E-state index is 11.3. The monoisotopic (exact) mass is 392 g/mol. The van der Waals surface area contributed by atoms with Crippen LogP contribution in [0.3, 0.4) is 0 Å². The van der Waals surface area contributed by atoms with E-state index in [1.807, 2.05) is 48.5 Å². The zero-order valence-electron chi connectivity index (χ0n) is 15.7. The molecule has 4 rings (SSSR count). The van der Waals surface area contributed by atoms with Crippen molar-refractivity contribution in [1.82, 2.24) is 9.55 Å². The maximum absolute atomic E-state index is 11.3. The zero-order chi connectivity index (χ0) is 19.7. The Kier molecular flexibility index (Phi) is 4.92. The number of benzene rings is 2. The molecule has 0 bridgehead atoms. The number of nitrogens with zero attached hydrogens (tertiary/aromatic N) is 2. The summed E-state index contributed by atoms with van der Waals surface area (Å²) in [7, 11) is 0. The molecule has 2 aromatic carbocycles. The molecule has 0 fully saturated rings. The van der Waals surface area contributed by atoms with E-state index in [1.165, 1.54) is 13.8 Å². The fourth-order valence-corrected chi connectivity index (χ4v) is 4.25. The first-order chi connectivity index (χ1) is 13.5. The lowest BCUT2D eigenvalue weighted by Crippen LogP contribution is -2.05. The van der Waals surface area contributed by atoms with Crippen molar-refractivity contribution in [2.75, 3.05) is 16.4 Å². The van der Waals surface area contributed by atoms with Crippen molar-refractivity contribution in [3.63, 3.8) is 0 Å². The minimum absolute atomic E-state index is 0.0886. The summed E-state index contributed by atoms with van der Waals surface area (Å²) in [5, 5.41) is 6.60. The van der Waals surface area contributed by atoms with Crippen LogP contribution in [0.2, 0.25) is 0 Å². The second-order valence-corrected chi connectivity index (χ2v) is 7.67. The van der Waals surface area contributed by atoms with Gasteiger partial charge in [-0.1, -0.05) is 36.0 Å². The Morgan fingerprint density at radius 2 is 1.43 bits per heavy atom. The summed E-state index contributed by atoms with van der Waals surface area (Å²) in [4.78, 5) is 27.4. The summed E-state index contributed by atoms with van der Waals surface area (Å²) in [5.41, 5.74) is 5.57. The standard InChI is InChI=1S/C21H20N4O2S/c1-13(26)22-17-7-3-15(4-8-17)19-20(25-11-12-28-21(25)24-19)16-5-9-18(10-6-16)23-14(2)27/h3-10H,11-12H2,1-2H3,(H,22,26)(H,23,27). The number of thioether (sulfide) groups is 1. The third-order valence-corrected chi connectivity index (χ3v) is 5.39. The van der Waals surface area contributed by atoms with Crippen LogP contribution in [0.4, 0.5) is 11.4 Å². The van der Waals surface area contributed by atoms with E-state index in [1.54, 1.807) is 11.8 Å². The molecule has 0 saturated heterocycles. The van der Waals surface area contributed by atoms with Crippen molar-refractivity contribution in [3.8, 4) is 22.5 Å². The van der Waals surface area contributed by atoms with Crippen LogP contribution in [-0.4, -0.2) is 27.1 Å². The molecule has 1 aliphatic rings. The van der Waals surface area contributed by atoms with Gasteiger partial charge in [0.05, 0.1) is 11.4 Å². The topological polar surface area (TPSA) is 76.0 Å². The number of nitrogens with one attached hydrogen (secondary N) is 2. The van der Waals surface area contributed by atoms with Crippen molar-refractivity contribution in [2.45, 2.75) is 25.5 Å². The van der Waals surface area contributed by atoms with Crippen molar-refractivity contribution in [1.29, 1.82) is 0 Å². The van der Waals surface area contributed by atoms with Crippen molar-refractivity contribution in [3.05, 3.63) is 48.5 Å². The Labute approximate surface area is 167 Å². The Hall–Kier alpha value is -3.06. The highest BCUT2D eigenvalue weighted by atomic mass is 32.2. The van der Waals surface area contributed by atoms with Gasteiger partial charge in [0.1, 0.15) is 0 Å². The van der Waals surface area contributed by atoms with Gasteiger partial charge in [-0.15, -0.1) is 0 Å². The van der Waals surface area contributed by atoms with Crippen LogP contribution in [-0.2, 0) is 16.1 Å². The Morgan fingerprint density at radius 3 is 1.96 bits per heavy atom. The second kappa shape index (κ2) is 7.52. The zero-order valence-corrected chi connectivity index (χ0v) is 16.5. The quantitative estimate of drug-likeness (QED) is 0.696. The summed E-state index contributed by atoms with van der Waals surface area (Å²) in [6.07, 6.45) is 0. The number of amides is 2. The summed E-state index contributed by atoms with van der Waals surface area (Å²) >= 11 is 1.75. The number of carbonyl (C=O) groups excluding carboxylic acids is 2. The van der Waals surface area contributed by atoms with Crippen LogP contribution < -0.4 is 10.6 Å². The molecule has 7 heteroatoms. The molecule has 3 aromatic rings. The van der Waals surface area contributed by atoms with E-state index in [0.29, 0.717) is 0 Å². The first-order valence-electron chi connectivity index (χ1n) is 9.00. The Morgan fingerprint density at radius 1 is 0.893 bits per heavy atom. The molecule has 2 heterocycles. The average Bonchev–Trinajstić information content (AvgIpc) is 3.23. The third kappa shape index (κ3) is 3.66. The van der Waals surface area contributed by atoms with E-state index in [0.717, 1.165) is 51.3 Å². The van der Waals surface area contributed by atoms with Gasteiger partial charge in [0.25, 0.3) is 0 Å². The van der Waals surface area contributed by atoms with Gasteiger partial charge in [0.15, 0.2) is 5.16 Å². The maximum Gasteiger partial charge on any atom is 0.221 e. The SMILES string of the molecule is CC(=O)Nc1ccc(-c2nc3n(c2-c2ccc(NC(C)=O)cc2)CCS3)cc1. The number of hydrogen-bond donors (Lipinski definition) is 2. The number of carbonyl (C=O) groups is 2. The van der Waals surface area contributed by atoms with Gasteiger partial charge >= 0.3 is 0 Å². The predicted molar refractivity (Wildman–Crippen MR) is 112 cm³/mol. The number of imidazole rings is 1. The summed E-state index contributed by atoms with van der Waals surface area (Å²) in [6, 6.07) is 15.6. The van der Waals surface area contributed by atoms with Crippen molar-refractivity contribution in [2.24, 2.45) is 0 Å². The first kappa shape index (κ1) is 18.3. The molecule has 0 unspecified atom stereocenters. The second-order valence-electron chi connectivity index (χ2n) is 6.61. The van der Waals surface area contributed by atoms with Crippen molar-refractivity contribution < 1.29 is 9.59 Å². The van der Waals surface area contributed by atoms with Gasteiger partial charge in [-0.3, -0.25) is 9.59 Å². The average molecular weight is 392 g/mol. The lowest BCUT2D eigenvalue weighted by atomic mass is 10.0. The highest BCUT2D eigenvalue weighted by molar-refractivity contribution is 7.99. The highest BCUT2D eigenvalue weighted by Gasteiger charge is 2.23. The largest absolute Gasteiger partial charge is 0.326 e. The summed E-state index contributed by atoms with van der Waals surface area (Å²) < 4.78 is 2.25. The summed E-state index contributed by atoms with van der Waals surface area (Å²) in [6.45, 7) is 3.91. The van der Waals surface area contributed by atoms with Crippen LogP contribution in [0.15, 0.2) is 53.7 Å². The van der Waals surface area contributed by atoms with Gasteiger partial charge in [-0.25, -0.2) is 4.98 Å². The Balaban J connectivity index is 1.73. The molecule has 142 valence electrons. The first-order valence-corrected chi connectivity index (χ1v) is 9.99. The van der Waals surface area contributed by atoms with Gasteiger partial charge in [-0.05, 0) is 24.3 Å². The molecule has 0 radical (unpaired) electrons. The highest BCUT2D eigenvalue weighted by Crippen LogP contribution is 2.39. The number of aromatic nitrogens is 2. The van der Waals surface area contributed by atoms with E-state index in [4.69, 9.17) is 4.98 Å². The van der Waals surface area contributed by atoms with E-state index in [9.17, 15) is 9.59 Å².